The summed E-state index contributed by atoms with van der Waals surface area (Å²) in [6.07, 6.45) is 2.95. The Bertz CT molecular complexity index is 1090. The number of imidazole rings is 1. The van der Waals surface area contributed by atoms with Gasteiger partial charge in [-0.15, -0.1) is 0 Å². The van der Waals surface area contributed by atoms with Crippen LogP contribution in [0.3, 0.4) is 0 Å². The van der Waals surface area contributed by atoms with E-state index >= 15 is 0 Å². The van der Waals surface area contributed by atoms with Gasteiger partial charge in [0.25, 0.3) is 0 Å². The molecule has 1 aliphatic heterocycles. The van der Waals surface area contributed by atoms with Crippen LogP contribution in [0.2, 0.25) is 0 Å². The summed E-state index contributed by atoms with van der Waals surface area (Å²) in [5.41, 5.74) is 6.44. The van der Waals surface area contributed by atoms with Gasteiger partial charge in [-0.05, 0) is 43.3 Å². The lowest BCUT2D eigenvalue weighted by molar-refractivity contribution is -0.236. The number of carbonyl (C=O) groups excluding carboxylic acids is 1. The molecule has 0 spiro atoms. The Labute approximate surface area is 189 Å². The summed E-state index contributed by atoms with van der Waals surface area (Å²) >= 11 is 0. The Morgan fingerprint density at radius 2 is 1.73 bits per heavy atom. The molecule has 174 valence electrons. The number of nitrogens with one attached hydrogen (secondary N) is 1. The number of ether oxygens (including phenoxy) is 2. The van der Waals surface area contributed by atoms with Crippen LogP contribution in [0, 0.1) is 11.2 Å². The first-order valence-corrected chi connectivity index (χ1v) is 10.2. The zero-order chi connectivity index (χ0) is 24.0. The standard InChI is InChI=1S/C20H18FN3O4.C3H7NO/c1-20(19(25)26)10-27-18(28-11-20)17-23-15(12-2-4-14(21)5-3-12)16(24-17)13-6-8-22-9-7-13;1-2-3(4)5/h2-9,18H,10-11H2,1H3,(H,23,24)(H,25,26);2H2,1H3,(H2,4,5). The Balaban J connectivity index is 0.000000555. The number of H-pyrrole nitrogens is 1. The molecule has 1 amide bonds. The minimum atomic E-state index is -1.10. The third-order valence-electron chi connectivity index (χ3n) is 5.00. The van der Waals surface area contributed by atoms with Crippen molar-refractivity contribution >= 4 is 11.9 Å². The molecular formula is C23H25FN4O5. The minimum absolute atomic E-state index is 0.00414. The van der Waals surface area contributed by atoms with Crippen LogP contribution in [0.25, 0.3) is 22.5 Å². The molecule has 1 saturated heterocycles. The van der Waals surface area contributed by atoms with E-state index in [0.717, 1.165) is 11.1 Å². The Hall–Kier alpha value is -3.63. The number of rotatable bonds is 5. The molecule has 3 aromatic rings. The first-order valence-electron chi connectivity index (χ1n) is 10.2. The predicted octanol–water partition coefficient (Wildman–Crippen LogP) is 3.30. The van der Waals surface area contributed by atoms with E-state index in [-0.39, 0.29) is 24.9 Å². The Morgan fingerprint density at radius 3 is 2.24 bits per heavy atom. The lowest BCUT2D eigenvalue weighted by atomic mass is 9.92. The third-order valence-corrected chi connectivity index (χ3v) is 5.00. The molecule has 0 aliphatic carbocycles. The number of amides is 1. The largest absolute Gasteiger partial charge is 0.481 e. The molecule has 10 heteroatoms. The lowest BCUT2D eigenvalue weighted by Gasteiger charge is -2.33. The molecule has 0 atom stereocenters. The van der Waals surface area contributed by atoms with Crippen LogP contribution in [0.5, 0.6) is 0 Å². The summed E-state index contributed by atoms with van der Waals surface area (Å²) in [5.74, 6) is -1.14. The highest BCUT2D eigenvalue weighted by Gasteiger charge is 2.40. The molecule has 4 N–H and O–H groups in total. The van der Waals surface area contributed by atoms with Crippen LogP contribution in [-0.4, -0.2) is 45.1 Å². The van der Waals surface area contributed by atoms with Gasteiger partial charge in [-0.3, -0.25) is 14.6 Å². The van der Waals surface area contributed by atoms with Crippen LogP contribution < -0.4 is 5.73 Å². The molecule has 0 radical (unpaired) electrons. The second-order valence-electron chi connectivity index (χ2n) is 7.73. The van der Waals surface area contributed by atoms with Gasteiger partial charge in [-0.1, -0.05) is 6.92 Å². The summed E-state index contributed by atoms with van der Waals surface area (Å²) in [5, 5.41) is 9.30. The first-order chi connectivity index (χ1) is 15.7. The molecule has 33 heavy (non-hydrogen) atoms. The maximum absolute atomic E-state index is 13.3. The highest BCUT2D eigenvalue weighted by molar-refractivity contribution is 5.78. The van der Waals surface area contributed by atoms with E-state index in [9.17, 15) is 19.1 Å². The number of halogens is 1. The van der Waals surface area contributed by atoms with Gasteiger partial charge in [0.15, 0.2) is 5.82 Å². The number of carboxylic acids is 1. The fraction of sp³-hybridized carbons (Fsp3) is 0.304. The molecule has 9 nitrogen and oxygen atoms in total. The van der Waals surface area contributed by atoms with Crippen molar-refractivity contribution in [1.29, 1.82) is 0 Å². The van der Waals surface area contributed by atoms with Crippen molar-refractivity contribution in [3.05, 3.63) is 60.4 Å². The molecular weight excluding hydrogens is 431 g/mol. The number of carbonyl (C=O) groups is 2. The molecule has 0 bridgehead atoms. The summed E-state index contributed by atoms with van der Waals surface area (Å²) in [7, 11) is 0. The quantitative estimate of drug-likeness (QED) is 0.535. The lowest BCUT2D eigenvalue weighted by Crippen LogP contribution is -2.42. The van der Waals surface area contributed by atoms with Crippen LogP contribution in [0.4, 0.5) is 4.39 Å². The van der Waals surface area contributed by atoms with Crippen molar-refractivity contribution in [2.24, 2.45) is 11.1 Å². The van der Waals surface area contributed by atoms with Gasteiger partial charge in [0.05, 0.1) is 24.6 Å². The van der Waals surface area contributed by atoms with Crippen molar-refractivity contribution in [3.63, 3.8) is 0 Å². The van der Waals surface area contributed by atoms with E-state index in [1.54, 1.807) is 38.4 Å². The number of aliphatic carboxylic acids is 1. The van der Waals surface area contributed by atoms with Gasteiger partial charge in [0.2, 0.25) is 12.2 Å². The fourth-order valence-electron chi connectivity index (χ4n) is 2.94. The zero-order valence-corrected chi connectivity index (χ0v) is 18.2. The van der Waals surface area contributed by atoms with Gasteiger partial charge in [-0.25, -0.2) is 9.37 Å². The molecule has 0 unspecified atom stereocenters. The molecule has 2 aromatic heterocycles. The predicted molar refractivity (Wildman–Crippen MR) is 117 cm³/mol. The average Bonchev–Trinajstić information content (AvgIpc) is 3.26. The normalized spacial score (nSPS) is 19.9. The number of hydrogen-bond donors (Lipinski definition) is 3. The van der Waals surface area contributed by atoms with Gasteiger partial charge in [0, 0.05) is 29.9 Å². The summed E-state index contributed by atoms with van der Waals surface area (Å²) in [4.78, 5) is 32.8. The van der Waals surface area contributed by atoms with Gasteiger partial charge < -0.3 is 25.3 Å². The van der Waals surface area contributed by atoms with Crippen LogP contribution in [-0.2, 0) is 19.1 Å². The SMILES string of the molecule is CC1(C(=O)O)COC(c2nc(-c3ccc(F)cc3)c(-c3ccncc3)[nH]2)OC1.CCC(N)=O. The van der Waals surface area contributed by atoms with Crippen molar-refractivity contribution in [3.8, 4) is 22.5 Å². The van der Waals surface area contributed by atoms with E-state index in [4.69, 9.17) is 9.47 Å². The Kier molecular flexibility index (Phi) is 7.52. The highest BCUT2D eigenvalue weighted by Crippen LogP contribution is 2.35. The summed E-state index contributed by atoms with van der Waals surface area (Å²) < 4.78 is 24.6. The third kappa shape index (κ3) is 5.79. The summed E-state index contributed by atoms with van der Waals surface area (Å²) in [6, 6.07) is 9.68. The van der Waals surface area contributed by atoms with Crippen LogP contribution in [0.1, 0.15) is 32.4 Å². The maximum atomic E-state index is 13.3. The van der Waals surface area contributed by atoms with E-state index in [1.807, 2.05) is 12.1 Å². The number of aromatic amines is 1. The van der Waals surface area contributed by atoms with Gasteiger partial charge >= 0.3 is 5.97 Å². The fourth-order valence-corrected chi connectivity index (χ4v) is 2.94. The number of carboxylic acid groups (broad SMARTS) is 1. The van der Waals surface area contributed by atoms with E-state index in [2.05, 4.69) is 20.7 Å². The van der Waals surface area contributed by atoms with Crippen molar-refractivity contribution in [2.45, 2.75) is 26.6 Å². The number of aromatic nitrogens is 3. The molecule has 0 saturated carbocycles. The zero-order valence-electron chi connectivity index (χ0n) is 18.2. The van der Waals surface area contributed by atoms with Gasteiger partial charge in [0.1, 0.15) is 11.2 Å². The van der Waals surface area contributed by atoms with Crippen molar-refractivity contribution < 1.29 is 28.6 Å². The van der Waals surface area contributed by atoms with Gasteiger partial charge in [-0.2, -0.15) is 0 Å². The molecule has 4 rings (SSSR count). The number of hydrogen-bond acceptors (Lipinski definition) is 6. The smallest absolute Gasteiger partial charge is 0.314 e. The molecule has 1 aliphatic rings. The van der Waals surface area contributed by atoms with Crippen molar-refractivity contribution in [1.82, 2.24) is 15.0 Å². The number of nitrogens with zero attached hydrogens (tertiary/aromatic N) is 2. The van der Waals surface area contributed by atoms with Crippen LogP contribution in [0.15, 0.2) is 48.8 Å². The maximum Gasteiger partial charge on any atom is 0.314 e. The van der Waals surface area contributed by atoms with E-state index in [0.29, 0.717) is 23.6 Å². The molecule has 1 aromatic carbocycles. The number of primary amides is 1. The minimum Gasteiger partial charge on any atom is -0.481 e. The van der Waals surface area contributed by atoms with Crippen molar-refractivity contribution in [2.75, 3.05) is 13.2 Å². The van der Waals surface area contributed by atoms with Crippen LogP contribution >= 0.6 is 0 Å². The number of benzene rings is 1. The number of nitrogens with two attached hydrogens (primary N) is 1. The monoisotopic (exact) mass is 456 g/mol. The molecule has 3 heterocycles. The average molecular weight is 456 g/mol. The Morgan fingerprint density at radius 1 is 1.15 bits per heavy atom. The highest BCUT2D eigenvalue weighted by atomic mass is 19.1. The topological polar surface area (TPSA) is 140 Å². The second-order valence-corrected chi connectivity index (χ2v) is 7.73. The van der Waals surface area contributed by atoms with E-state index in [1.165, 1.54) is 12.1 Å². The summed E-state index contributed by atoms with van der Waals surface area (Å²) in [6.45, 7) is 3.30. The number of pyridine rings is 1. The first kappa shape index (κ1) is 24.0. The van der Waals surface area contributed by atoms with E-state index < -0.39 is 17.7 Å². The second kappa shape index (κ2) is 10.3. The molecule has 1 fully saturated rings.